The molecule has 24 heavy (non-hydrogen) atoms. The largest absolute Gasteiger partial charge is 0.423 e. The summed E-state index contributed by atoms with van der Waals surface area (Å²) in [5.74, 6) is 0.0374. The molecule has 1 atom stereocenters. The molecule has 1 aliphatic rings. The summed E-state index contributed by atoms with van der Waals surface area (Å²) in [5.41, 5.74) is 8.66. The number of nitrogens with zero attached hydrogens (tertiary/aromatic N) is 3. The van der Waals surface area contributed by atoms with Crippen molar-refractivity contribution in [3.05, 3.63) is 23.8 Å². The molecule has 1 aliphatic heterocycles. The number of benzene rings is 1. The van der Waals surface area contributed by atoms with Crippen molar-refractivity contribution in [3.63, 3.8) is 0 Å². The number of carbonyl (C=O) groups is 1. The first-order valence-electron chi connectivity index (χ1n) is 7.75. The first-order valence-corrected chi connectivity index (χ1v) is 7.75. The molecule has 2 N–H and O–H groups in total. The predicted molar refractivity (Wildman–Crippen MR) is 100 cm³/mol. The minimum absolute atomic E-state index is 0. The Morgan fingerprint density at radius 2 is 1.96 bits per heavy atom. The molecule has 6 nitrogen and oxygen atoms in total. The zero-order chi connectivity index (χ0) is 15.7. The second-order valence-corrected chi connectivity index (χ2v) is 5.79. The van der Waals surface area contributed by atoms with Crippen molar-refractivity contribution < 1.29 is 9.21 Å². The van der Waals surface area contributed by atoms with Gasteiger partial charge in [-0.2, -0.15) is 4.98 Å². The van der Waals surface area contributed by atoms with E-state index in [4.69, 9.17) is 10.2 Å². The van der Waals surface area contributed by atoms with E-state index in [0.717, 1.165) is 16.7 Å². The number of piperazine rings is 1. The number of fused-ring (bicyclic) bond motifs is 1. The van der Waals surface area contributed by atoms with Gasteiger partial charge in [0.1, 0.15) is 5.52 Å². The fourth-order valence-electron chi connectivity index (χ4n) is 2.69. The fourth-order valence-corrected chi connectivity index (χ4v) is 2.69. The Bertz CT molecular complexity index is 684. The zero-order valence-corrected chi connectivity index (χ0v) is 15.5. The maximum Gasteiger partial charge on any atom is 0.298 e. The predicted octanol–water partition coefficient (Wildman–Crippen LogP) is 2.37. The summed E-state index contributed by atoms with van der Waals surface area (Å²) in [6.45, 7) is 6.71. The average Bonchev–Trinajstić information content (AvgIpc) is 2.96. The van der Waals surface area contributed by atoms with Crippen LogP contribution in [0.3, 0.4) is 0 Å². The van der Waals surface area contributed by atoms with Gasteiger partial charge in [0.2, 0.25) is 5.91 Å². The minimum Gasteiger partial charge on any atom is -0.423 e. The smallest absolute Gasteiger partial charge is 0.298 e. The van der Waals surface area contributed by atoms with Crippen molar-refractivity contribution in [2.45, 2.75) is 26.3 Å². The van der Waals surface area contributed by atoms with Crippen molar-refractivity contribution in [1.82, 2.24) is 9.88 Å². The number of aryl methyl sites for hydroxylation is 1. The van der Waals surface area contributed by atoms with Gasteiger partial charge in [0.25, 0.3) is 6.01 Å². The summed E-state index contributed by atoms with van der Waals surface area (Å²) >= 11 is 0. The van der Waals surface area contributed by atoms with Crippen molar-refractivity contribution in [2.75, 3.05) is 31.1 Å². The lowest BCUT2D eigenvalue weighted by Crippen LogP contribution is -2.53. The lowest BCUT2D eigenvalue weighted by Gasteiger charge is -2.34. The molecule has 3 rings (SSSR count). The number of oxazole rings is 1. The first-order chi connectivity index (χ1) is 10.6. The summed E-state index contributed by atoms with van der Waals surface area (Å²) in [7, 11) is 0. The average molecular weight is 375 g/mol. The Kier molecular flexibility index (Phi) is 7.32. The molecule has 1 aromatic heterocycles. The van der Waals surface area contributed by atoms with E-state index < -0.39 is 0 Å². The third kappa shape index (κ3) is 4.12. The molecule has 0 radical (unpaired) electrons. The Balaban J connectivity index is 0.00000144. The van der Waals surface area contributed by atoms with E-state index in [-0.39, 0.29) is 36.8 Å². The summed E-state index contributed by atoms with van der Waals surface area (Å²) < 4.78 is 5.81. The molecule has 0 bridgehead atoms. The second-order valence-electron chi connectivity index (χ2n) is 5.79. The third-order valence-corrected chi connectivity index (χ3v) is 4.15. The zero-order valence-electron chi connectivity index (χ0n) is 13.9. The lowest BCUT2D eigenvalue weighted by atomic mass is 10.2. The Labute approximate surface area is 154 Å². The topological polar surface area (TPSA) is 75.6 Å². The number of amides is 1. The summed E-state index contributed by atoms with van der Waals surface area (Å²) in [6.07, 6.45) is 0.670. The van der Waals surface area contributed by atoms with Crippen LogP contribution in [0, 0.1) is 6.92 Å². The number of hydrogen-bond donors (Lipinski definition) is 1. The maximum atomic E-state index is 12.1. The van der Waals surface area contributed by atoms with Crippen LogP contribution in [-0.2, 0) is 4.79 Å². The molecule has 0 saturated carbocycles. The number of halogens is 2. The van der Waals surface area contributed by atoms with Gasteiger partial charge in [-0.25, -0.2) is 0 Å². The monoisotopic (exact) mass is 374 g/mol. The second kappa shape index (κ2) is 8.55. The molecular weight excluding hydrogens is 351 g/mol. The lowest BCUT2D eigenvalue weighted by molar-refractivity contribution is -0.132. The number of rotatable bonds is 3. The molecule has 0 unspecified atom stereocenters. The number of carbonyl (C=O) groups excluding carboxylic acids is 1. The van der Waals surface area contributed by atoms with Gasteiger partial charge in [0.15, 0.2) is 5.58 Å². The van der Waals surface area contributed by atoms with Gasteiger partial charge >= 0.3 is 0 Å². The number of aromatic nitrogens is 1. The minimum atomic E-state index is -0.390. The fraction of sp³-hybridized carbons (Fsp3) is 0.500. The first kappa shape index (κ1) is 20.5. The highest BCUT2D eigenvalue weighted by atomic mass is 35.5. The molecular formula is C16H24Cl2N4O2. The molecule has 2 heterocycles. The number of anilines is 1. The summed E-state index contributed by atoms with van der Waals surface area (Å²) in [6, 6.07) is 6.22. The highest BCUT2D eigenvalue weighted by molar-refractivity contribution is 5.85. The van der Waals surface area contributed by atoms with Crippen LogP contribution in [-0.4, -0.2) is 48.0 Å². The number of nitrogens with two attached hydrogens (primary N) is 1. The van der Waals surface area contributed by atoms with E-state index in [2.05, 4.69) is 9.88 Å². The van der Waals surface area contributed by atoms with Crippen LogP contribution in [0.4, 0.5) is 6.01 Å². The highest BCUT2D eigenvalue weighted by Crippen LogP contribution is 2.23. The normalized spacial score (nSPS) is 15.6. The van der Waals surface area contributed by atoms with Crippen molar-refractivity contribution in [2.24, 2.45) is 5.73 Å². The molecule has 1 saturated heterocycles. The molecule has 0 spiro atoms. The molecule has 0 aliphatic carbocycles. The van der Waals surface area contributed by atoms with Crippen molar-refractivity contribution >= 4 is 47.8 Å². The molecule has 8 heteroatoms. The van der Waals surface area contributed by atoms with Crippen molar-refractivity contribution in [3.8, 4) is 0 Å². The molecule has 1 fully saturated rings. The van der Waals surface area contributed by atoms with Crippen LogP contribution in [0.1, 0.15) is 18.9 Å². The quantitative estimate of drug-likeness (QED) is 0.892. The summed E-state index contributed by atoms with van der Waals surface area (Å²) in [4.78, 5) is 20.6. The van der Waals surface area contributed by atoms with Gasteiger partial charge in [-0.05, 0) is 31.0 Å². The Hall–Kier alpha value is -1.50. The van der Waals surface area contributed by atoms with Gasteiger partial charge < -0.3 is 20.0 Å². The van der Waals surface area contributed by atoms with Crippen LogP contribution in [0.5, 0.6) is 0 Å². The number of hydrogen-bond acceptors (Lipinski definition) is 5. The molecule has 2 aromatic rings. The standard InChI is InChI=1S/C16H22N4O2.2ClH/c1-3-12(17)15(21)19-6-8-20(9-7-19)16-18-13-10-11(2)4-5-14(13)22-16;;/h4-5,10,12H,3,6-9,17H2,1-2H3;2*1H/t12-;;/m0../s1. The van der Waals surface area contributed by atoms with Crippen LogP contribution in [0.25, 0.3) is 11.1 Å². The van der Waals surface area contributed by atoms with Gasteiger partial charge in [-0.3, -0.25) is 4.79 Å². The van der Waals surface area contributed by atoms with Crippen LogP contribution in [0.2, 0.25) is 0 Å². The van der Waals surface area contributed by atoms with E-state index in [9.17, 15) is 4.79 Å². The maximum absolute atomic E-state index is 12.1. The van der Waals surface area contributed by atoms with Crippen LogP contribution >= 0.6 is 24.8 Å². The Morgan fingerprint density at radius 1 is 1.29 bits per heavy atom. The van der Waals surface area contributed by atoms with E-state index in [1.165, 1.54) is 0 Å². The SMILES string of the molecule is CC[C@H](N)C(=O)N1CCN(c2nc3cc(C)ccc3o2)CC1.Cl.Cl. The molecule has 1 amide bonds. The van der Waals surface area contributed by atoms with E-state index in [1.54, 1.807) is 0 Å². The van der Waals surface area contributed by atoms with E-state index in [1.807, 2.05) is 36.9 Å². The van der Waals surface area contributed by atoms with Gasteiger partial charge in [-0.15, -0.1) is 24.8 Å². The van der Waals surface area contributed by atoms with Gasteiger partial charge in [0.05, 0.1) is 6.04 Å². The van der Waals surface area contributed by atoms with Crippen molar-refractivity contribution in [1.29, 1.82) is 0 Å². The Morgan fingerprint density at radius 3 is 2.58 bits per heavy atom. The molecule has 134 valence electrons. The summed E-state index contributed by atoms with van der Waals surface area (Å²) in [5, 5.41) is 0. The van der Waals surface area contributed by atoms with E-state index in [0.29, 0.717) is 38.6 Å². The van der Waals surface area contributed by atoms with Crippen LogP contribution in [0.15, 0.2) is 22.6 Å². The third-order valence-electron chi connectivity index (χ3n) is 4.15. The highest BCUT2D eigenvalue weighted by Gasteiger charge is 2.26. The molecule has 1 aromatic carbocycles. The van der Waals surface area contributed by atoms with Gasteiger partial charge in [0, 0.05) is 26.2 Å². The van der Waals surface area contributed by atoms with Gasteiger partial charge in [-0.1, -0.05) is 13.0 Å². The van der Waals surface area contributed by atoms with E-state index >= 15 is 0 Å². The van der Waals surface area contributed by atoms with Crippen LogP contribution < -0.4 is 10.6 Å².